The molecule has 1 aromatic heterocycles. The number of nitrogens with zero attached hydrogens (tertiary/aromatic N) is 1. The molecule has 2 N–H and O–H groups in total. The summed E-state index contributed by atoms with van der Waals surface area (Å²) in [6, 6.07) is 1.54. The van der Waals surface area contributed by atoms with Crippen LogP contribution < -0.4 is 15.2 Å². The normalized spacial score (nSPS) is 11.4. The molecule has 7 heteroatoms. The van der Waals surface area contributed by atoms with Gasteiger partial charge in [0.05, 0.1) is 12.8 Å². The highest BCUT2D eigenvalue weighted by atomic mass is 19.4. The van der Waals surface area contributed by atoms with Crippen molar-refractivity contribution in [2.45, 2.75) is 19.8 Å². The number of rotatable bonds is 3. The first-order valence-electron chi connectivity index (χ1n) is 4.37. The molecule has 0 saturated heterocycles. The summed E-state index contributed by atoms with van der Waals surface area (Å²) >= 11 is 0. The number of pyridine rings is 1. The van der Waals surface area contributed by atoms with Crippen molar-refractivity contribution in [2.75, 3.05) is 7.11 Å². The van der Waals surface area contributed by atoms with Crippen molar-refractivity contribution >= 4 is 0 Å². The van der Waals surface area contributed by atoms with Crippen molar-refractivity contribution in [3.8, 4) is 11.6 Å². The van der Waals surface area contributed by atoms with Crippen LogP contribution in [0.3, 0.4) is 0 Å². The van der Waals surface area contributed by atoms with Gasteiger partial charge in [0.15, 0.2) is 5.75 Å². The van der Waals surface area contributed by atoms with Gasteiger partial charge in [-0.1, -0.05) is 0 Å². The van der Waals surface area contributed by atoms with Crippen molar-refractivity contribution in [3.05, 3.63) is 17.3 Å². The van der Waals surface area contributed by atoms with Crippen LogP contribution >= 0.6 is 0 Å². The Morgan fingerprint density at radius 3 is 2.50 bits per heavy atom. The lowest BCUT2D eigenvalue weighted by atomic mass is 10.2. The van der Waals surface area contributed by atoms with Crippen molar-refractivity contribution in [2.24, 2.45) is 5.73 Å². The van der Waals surface area contributed by atoms with Crippen molar-refractivity contribution in [3.63, 3.8) is 0 Å². The quantitative estimate of drug-likeness (QED) is 0.868. The van der Waals surface area contributed by atoms with Crippen LogP contribution in [0, 0.1) is 6.92 Å². The molecule has 90 valence electrons. The molecule has 0 atom stereocenters. The highest BCUT2D eigenvalue weighted by Crippen LogP contribution is 2.33. The molecule has 0 fully saturated rings. The smallest absolute Gasteiger partial charge is 0.491 e. The minimum atomic E-state index is -4.81. The van der Waals surface area contributed by atoms with Crippen LogP contribution in [0.1, 0.15) is 11.3 Å². The summed E-state index contributed by atoms with van der Waals surface area (Å²) in [7, 11) is 1.25. The highest BCUT2D eigenvalue weighted by Gasteiger charge is 2.33. The topological polar surface area (TPSA) is 57.4 Å². The Balaban J connectivity index is 3.18. The van der Waals surface area contributed by atoms with E-state index in [1.807, 2.05) is 0 Å². The van der Waals surface area contributed by atoms with E-state index >= 15 is 0 Å². The van der Waals surface area contributed by atoms with Gasteiger partial charge in [0.1, 0.15) is 0 Å². The lowest BCUT2D eigenvalue weighted by molar-refractivity contribution is -0.276. The molecule has 0 radical (unpaired) electrons. The molecule has 4 nitrogen and oxygen atoms in total. The van der Waals surface area contributed by atoms with Crippen LogP contribution in [0.25, 0.3) is 0 Å². The zero-order valence-corrected chi connectivity index (χ0v) is 8.76. The predicted octanol–water partition coefficient (Wildman–Crippen LogP) is 1.76. The van der Waals surface area contributed by atoms with Crippen LogP contribution in [0.5, 0.6) is 11.6 Å². The van der Waals surface area contributed by atoms with Gasteiger partial charge in [0.2, 0.25) is 0 Å². The van der Waals surface area contributed by atoms with E-state index in [0.29, 0.717) is 11.3 Å². The van der Waals surface area contributed by atoms with E-state index < -0.39 is 12.2 Å². The van der Waals surface area contributed by atoms with Gasteiger partial charge >= 0.3 is 6.36 Å². The summed E-state index contributed by atoms with van der Waals surface area (Å²) in [6.07, 6.45) is -4.81. The minimum Gasteiger partial charge on any atom is -0.491 e. The maximum atomic E-state index is 12.1. The van der Waals surface area contributed by atoms with Crippen LogP contribution in [-0.2, 0) is 6.54 Å². The van der Waals surface area contributed by atoms with Gasteiger partial charge in [-0.15, -0.1) is 13.2 Å². The number of hydrogen-bond donors (Lipinski definition) is 1. The molecule has 0 aliphatic heterocycles. The summed E-state index contributed by atoms with van der Waals surface area (Å²) in [5.74, 6) is -0.662. The van der Waals surface area contributed by atoms with Crippen LogP contribution in [0.2, 0.25) is 0 Å². The zero-order chi connectivity index (χ0) is 12.3. The number of ether oxygens (including phenoxy) is 2. The molecule has 1 aromatic rings. The second kappa shape index (κ2) is 4.56. The van der Waals surface area contributed by atoms with Crippen molar-refractivity contribution < 1.29 is 22.6 Å². The van der Waals surface area contributed by atoms with Crippen molar-refractivity contribution in [1.82, 2.24) is 4.98 Å². The first-order chi connectivity index (χ1) is 7.37. The largest absolute Gasteiger partial charge is 0.574 e. The number of methoxy groups -OCH3 is 1. The van der Waals surface area contributed by atoms with E-state index in [-0.39, 0.29) is 12.3 Å². The van der Waals surface area contributed by atoms with E-state index in [9.17, 15) is 13.2 Å². The highest BCUT2D eigenvalue weighted by molar-refractivity contribution is 5.42. The first-order valence-corrected chi connectivity index (χ1v) is 4.37. The van der Waals surface area contributed by atoms with E-state index in [4.69, 9.17) is 10.5 Å². The first kappa shape index (κ1) is 12.6. The van der Waals surface area contributed by atoms with E-state index in [0.717, 1.165) is 0 Å². The number of aromatic nitrogens is 1. The number of nitrogens with two attached hydrogens (primary N) is 1. The SMILES string of the molecule is COc1c(C)cc(CN)nc1OC(F)(F)F. The second-order valence-corrected chi connectivity index (χ2v) is 3.02. The zero-order valence-electron chi connectivity index (χ0n) is 8.76. The molecule has 0 aliphatic carbocycles. The van der Waals surface area contributed by atoms with E-state index in [1.165, 1.54) is 7.11 Å². The van der Waals surface area contributed by atoms with Gasteiger partial charge in [0.25, 0.3) is 5.88 Å². The molecular weight excluding hydrogens is 225 g/mol. The molecule has 0 amide bonds. The predicted molar refractivity (Wildman–Crippen MR) is 50.1 cm³/mol. The molecular formula is C9H11F3N2O2. The summed E-state index contributed by atoms with van der Waals surface area (Å²) in [4.78, 5) is 3.62. The molecule has 1 rings (SSSR count). The number of halogens is 3. The van der Waals surface area contributed by atoms with Crippen LogP contribution in [0.4, 0.5) is 13.2 Å². The summed E-state index contributed by atoms with van der Waals surface area (Å²) in [5, 5.41) is 0. The monoisotopic (exact) mass is 236 g/mol. The maximum absolute atomic E-state index is 12.1. The molecule has 16 heavy (non-hydrogen) atoms. The number of hydrogen-bond acceptors (Lipinski definition) is 4. The van der Waals surface area contributed by atoms with Gasteiger partial charge in [0, 0.05) is 6.54 Å². The number of aryl methyl sites for hydroxylation is 1. The van der Waals surface area contributed by atoms with Gasteiger partial charge < -0.3 is 15.2 Å². The Hall–Kier alpha value is -1.50. The Labute approximate surface area is 90.2 Å². The van der Waals surface area contributed by atoms with Crippen LogP contribution in [-0.4, -0.2) is 18.5 Å². The fourth-order valence-corrected chi connectivity index (χ4v) is 1.23. The molecule has 0 unspecified atom stereocenters. The third-order valence-electron chi connectivity index (χ3n) is 1.81. The van der Waals surface area contributed by atoms with Gasteiger partial charge in [-0.2, -0.15) is 0 Å². The molecule has 0 aliphatic rings. The molecule has 0 aromatic carbocycles. The van der Waals surface area contributed by atoms with Crippen LogP contribution in [0.15, 0.2) is 6.07 Å². The average Bonchev–Trinajstić information content (AvgIpc) is 2.14. The lowest BCUT2D eigenvalue weighted by Gasteiger charge is -2.14. The molecule has 0 saturated carbocycles. The molecule has 0 spiro atoms. The van der Waals surface area contributed by atoms with Gasteiger partial charge in [-0.05, 0) is 18.6 Å². The van der Waals surface area contributed by atoms with Gasteiger partial charge in [-0.3, -0.25) is 0 Å². The fourth-order valence-electron chi connectivity index (χ4n) is 1.23. The number of alkyl halides is 3. The Bertz CT molecular complexity index is 380. The molecule has 0 bridgehead atoms. The third kappa shape index (κ3) is 2.99. The second-order valence-electron chi connectivity index (χ2n) is 3.02. The van der Waals surface area contributed by atoms with E-state index in [1.54, 1.807) is 13.0 Å². The third-order valence-corrected chi connectivity index (χ3v) is 1.81. The molecule has 1 heterocycles. The lowest BCUT2D eigenvalue weighted by Crippen LogP contribution is -2.19. The Morgan fingerprint density at radius 2 is 2.06 bits per heavy atom. The standard InChI is InChI=1S/C9H11F3N2O2/c1-5-3-6(4-13)14-8(7(5)15-2)16-9(10,11)12/h3H,4,13H2,1-2H3. The maximum Gasteiger partial charge on any atom is 0.574 e. The Morgan fingerprint density at radius 1 is 1.44 bits per heavy atom. The summed E-state index contributed by atoms with van der Waals surface area (Å²) < 4.78 is 44.8. The fraction of sp³-hybridized carbons (Fsp3) is 0.444. The van der Waals surface area contributed by atoms with Gasteiger partial charge in [-0.25, -0.2) is 4.98 Å². The van der Waals surface area contributed by atoms with E-state index in [2.05, 4.69) is 9.72 Å². The summed E-state index contributed by atoms with van der Waals surface area (Å²) in [5.41, 5.74) is 6.09. The Kier molecular flexibility index (Phi) is 3.58. The average molecular weight is 236 g/mol. The minimum absolute atomic E-state index is 0.0268. The van der Waals surface area contributed by atoms with Crippen molar-refractivity contribution in [1.29, 1.82) is 0 Å². The summed E-state index contributed by atoms with van der Waals surface area (Å²) in [6.45, 7) is 1.61.